The van der Waals surface area contributed by atoms with E-state index in [1.54, 1.807) is 0 Å². The largest absolute Gasteiger partial charge is 0.342 e. The fourth-order valence-electron chi connectivity index (χ4n) is 3.59. The minimum atomic E-state index is -0.208. The predicted molar refractivity (Wildman–Crippen MR) is 115 cm³/mol. The normalized spacial score (nSPS) is 16.1. The summed E-state index contributed by atoms with van der Waals surface area (Å²) in [6, 6.07) is 16.5. The molecule has 2 aromatic carbocycles. The summed E-state index contributed by atoms with van der Waals surface area (Å²) in [6.07, 6.45) is 3.92. The van der Waals surface area contributed by atoms with Crippen molar-refractivity contribution in [2.24, 2.45) is 0 Å². The summed E-state index contributed by atoms with van der Waals surface area (Å²) >= 11 is 1.02. The smallest absolute Gasteiger partial charge is 0.293 e. The Balaban J connectivity index is 1.75. The molecule has 28 heavy (non-hydrogen) atoms. The van der Waals surface area contributed by atoms with Crippen molar-refractivity contribution >= 4 is 39.9 Å². The second-order valence-electron chi connectivity index (χ2n) is 7.36. The lowest BCUT2D eigenvalue weighted by Gasteiger charge is -2.16. The van der Waals surface area contributed by atoms with Crippen LogP contribution in [0.4, 0.5) is 4.79 Å². The number of carbonyl (C=O) groups excluding carboxylic acids is 2. The number of hydrogen-bond donors (Lipinski definition) is 0. The van der Waals surface area contributed by atoms with Crippen LogP contribution < -0.4 is 0 Å². The van der Waals surface area contributed by atoms with Crippen LogP contribution in [-0.4, -0.2) is 26.7 Å². The first-order valence-electron chi connectivity index (χ1n) is 9.34. The average Bonchev–Trinajstić information content (AvgIpc) is 3.13. The summed E-state index contributed by atoms with van der Waals surface area (Å²) < 4.78 is 2.20. The van der Waals surface area contributed by atoms with Crippen molar-refractivity contribution in [1.29, 1.82) is 0 Å². The number of carbonyl (C=O) groups is 2. The van der Waals surface area contributed by atoms with Crippen molar-refractivity contribution in [2.75, 3.05) is 0 Å². The SMILES string of the molecule is Cc1cccc(Cn2cc(/C=C3/SC(=O)N(C(C)C)C3=O)c3ccccc32)c1. The molecule has 1 saturated heterocycles. The third-order valence-electron chi connectivity index (χ3n) is 4.88. The van der Waals surface area contributed by atoms with E-state index < -0.39 is 0 Å². The Labute approximate surface area is 168 Å². The molecular formula is C23H22N2O2S. The second-order valence-corrected chi connectivity index (χ2v) is 8.36. The molecule has 0 unspecified atom stereocenters. The molecule has 0 atom stereocenters. The fraction of sp³-hybridized carbons (Fsp3) is 0.217. The van der Waals surface area contributed by atoms with Crippen LogP contribution in [0.3, 0.4) is 0 Å². The Morgan fingerprint density at radius 2 is 1.86 bits per heavy atom. The van der Waals surface area contributed by atoms with E-state index >= 15 is 0 Å². The zero-order valence-electron chi connectivity index (χ0n) is 16.2. The van der Waals surface area contributed by atoms with E-state index in [1.807, 2.05) is 32.1 Å². The molecule has 142 valence electrons. The first-order chi connectivity index (χ1) is 13.4. The van der Waals surface area contributed by atoms with Gasteiger partial charge in [-0.05, 0) is 50.2 Å². The van der Waals surface area contributed by atoms with Gasteiger partial charge in [-0.2, -0.15) is 0 Å². The number of benzene rings is 2. The summed E-state index contributed by atoms with van der Waals surface area (Å²) in [6.45, 7) is 6.55. The number of thioether (sulfide) groups is 1. The van der Waals surface area contributed by atoms with Crippen molar-refractivity contribution < 1.29 is 9.59 Å². The molecule has 2 amide bonds. The molecule has 0 bridgehead atoms. The second kappa shape index (κ2) is 7.32. The van der Waals surface area contributed by atoms with Gasteiger partial charge in [-0.3, -0.25) is 14.5 Å². The zero-order valence-corrected chi connectivity index (χ0v) is 17.0. The third-order valence-corrected chi connectivity index (χ3v) is 5.77. The highest BCUT2D eigenvalue weighted by Gasteiger charge is 2.36. The van der Waals surface area contributed by atoms with Gasteiger partial charge < -0.3 is 4.57 Å². The van der Waals surface area contributed by atoms with E-state index in [-0.39, 0.29) is 17.2 Å². The predicted octanol–water partition coefficient (Wildman–Crippen LogP) is 5.44. The van der Waals surface area contributed by atoms with Crippen LogP contribution >= 0.6 is 11.8 Å². The highest BCUT2D eigenvalue weighted by molar-refractivity contribution is 8.18. The molecule has 4 nitrogen and oxygen atoms in total. The molecule has 0 saturated carbocycles. The maximum atomic E-state index is 12.6. The number of hydrogen-bond acceptors (Lipinski definition) is 3. The summed E-state index contributed by atoms with van der Waals surface area (Å²) in [5, 5.41) is 0.876. The van der Waals surface area contributed by atoms with Crippen molar-refractivity contribution in [1.82, 2.24) is 9.47 Å². The Kier molecular flexibility index (Phi) is 4.85. The summed E-state index contributed by atoms with van der Waals surface area (Å²) in [7, 11) is 0. The van der Waals surface area contributed by atoms with Crippen molar-refractivity contribution in [3.05, 3.63) is 76.3 Å². The standard InChI is InChI=1S/C23H22N2O2S/c1-15(2)25-22(26)21(28-23(25)27)12-18-14-24(20-10-5-4-9-19(18)20)13-17-8-6-7-16(3)11-17/h4-12,14-15H,13H2,1-3H3/b21-12+. The summed E-state index contributed by atoms with van der Waals surface area (Å²) in [5.74, 6) is -0.208. The molecule has 3 aromatic rings. The first kappa shape index (κ1) is 18.6. The number of aromatic nitrogens is 1. The van der Waals surface area contributed by atoms with Crippen molar-refractivity contribution in [3.63, 3.8) is 0 Å². The number of aryl methyl sites for hydroxylation is 1. The average molecular weight is 391 g/mol. The highest BCUT2D eigenvalue weighted by Crippen LogP contribution is 2.35. The van der Waals surface area contributed by atoms with Crippen molar-refractivity contribution in [2.45, 2.75) is 33.4 Å². The van der Waals surface area contributed by atoms with Gasteiger partial charge in [-0.1, -0.05) is 48.0 Å². The Bertz CT molecular complexity index is 1110. The number of nitrogens with zero attached hydrogens (tertiary/aromatic N) is 2. The van der Waals surface area contributed by atoms with Gasteiger partial charge in [-0.25, -0.2) is 0 Å². The number of amides is 2. The molecular weight excluding hydrogens is 368 g/mol. The number of para-hydroxylation sites is 1. The summed E-state index contributed by atoms with van der Waals surface area (Å²) in [5.41, 5.74) is 4.53. The van der Waals surface area contributed by atoms with E-state index in [1.165, 1.54) is 16.0 Å². The molecule has 1 aliphatic heterocycles. The minimum absolute atomic E-state index is 0.138. The topological polar surface area (TPSA) is 42.3 Å². The van der Waals surface area contributed by atoms with Gasteiger partial charge in [0.15, 0.2) is 0 Å². The van der Waals surface area contributed by atoms with Crippen molar-refractivity contribution in [3.8, 4) is 0 Å². The van der Waals surface area contributed by atoms with Gasteiger partial charge in [0.2, 0.25) is 0 Å². The quantitative estimate of drug-likeness (QED) is 0.557. The van der Waals surface area contributed by atoms with E-state index in [2.05, 4.69) is 54.1 Å². The van der Waals surface area contributed by atoms with Crippen LogP contribution in [0.25, 0.3) is 17.0 Å². The van der Waals surface area contributed by atoms with Gasteiger partial charge >= 0.3 is 0 Å². The zero-order chi connectivity index (χ0) is 19.8. The molecule has 0 radical (unpaired) electrons. The molecule has 0 N–H and O–H groups in total. The van der Waals surface area contributed by atoms with E-state index in [0.29, 0.717) is 4.91 Å². The van der Waals surface area contributed by atoms with Gasteiger partial charge in [0.25, 0.3) is 11.1 Å². The van der Waals surface area contributed by atoms with Crippen LogP contribution in [0.1, 0.15) is 30.5 Å². The molecule has 4 rings (SSSR count). The lowest BCUT2D eigenvalue weighted by molar-refractivity contribution is -0.123. The minimum Gasteiger partial charge on any atom is -0.342 e. The van der Waals surface area contributed by atoms with Crippen LogP contribution in [0, 0.1) is 6.92 Å². The molecule has 5 heteroatoms. The molecule has 2 heterocycles. The highest BCUT2D eigenvalue weighted by atomic mass is 32.2. The van der Waals surface area contributed by atoms with E-state index in [9.17, 15) is 9.59 Å². The molecule has 1 aromatic heterocycles. The first-order valence-corrected chi connectivity index (χ1v) is 10.2. The fourth-order valence-corrected chi connectivity index (χ4v) is 4.55. The molecule has 0 spiro atoms. The molecule has 1 fully saturated rings. The monoisotopic (exact) mass is 390 g/mol. The Hall–Kier alpha value is -2.79. The van der Waals surface area contributed by atoms with Gasteiger partial charge in [0, 0.05) is 35.2 Å². The number of rotatable bonds is 4. The van der Waals surface area contributed by atoms with Gasteiger partial charge in [-0.15, -0.1) is 0 Å². The maximum absolute atomic E-state index is 12.6. The molecule has 0 aliphatic carbocycles. The number of fused-ring (bicyclic) bond motifs is 1. The lowest BCUT2D eigenvalue weighted by Crippen LogP contribution is -2.34. The lowest BCUT2D eigenvalue weighted by atomic mass is 10.1. The van der Waals surface area contributed by atoms with Gasteiger partial charge in [0.05, 0.1) is 4.91 Å². The van der Waals surface area contributed by atoms with Crippen LogP contribution in [0.5, 0.6) is 0 Å². The maximum Gasteiger partial charge on any atom is 0.293 e. The molecule has 1 aliphatic rings. The van der Waals surface area contributed by atoms with E-state index in [4.69, 9.17) is 0 Å². The number of imide groups is 1. The van der Waals surface area contributed by atoms with Gasteiger partial charge in [0.1, 0.15) is 0 Å². The van der Waals surface area contributed by atoms with E-state index in [0.717, 1.165) is 34.8 Å². The Morgan fingerprint density at radius 3 is 2.57 bits per heavy atom. The van der Waals surface area contributed by atoms with Crippen LogP contribution in [0.15, 0.2) is 59.6 Å². The third kappa shape index (κ3) is 3.38. The van der Waals surface area contributed by atoms with Crippen LogP contribution in [0.2, 0.25) is 0 Å². The summed E-state index contributed by atoms with van der Waals surface area (Å²) in [4.78, 5) is 26.6. The Morgan fingerprint density at radius 1 is 1.07 bits per heavy atom. The van der Waals surface area contributed by atoms with Crippen LogP contribution in [-0.2, 0) is 11.3 Å².